The molecule has 13 nitrogen and oxygen atoms in total. The van der Waals surface area contributed by atoms with Gasteiger partial charge in [-0.3, -0.25) is 4.79 Å². The predicted molar refractivity (Wildman–Crippen MR) is 269 cm³/mol. The molecule has 0 spiro atoms. The minimum Gasteiger partial charge on any atom is -0.462 e. The van der Waals surface area contributed by atoms with Crippen molar-refractivity contribution in [3.63, 3.8) is 0 Å². The first-order chi connectivity index (χ1) is 29.1. The van der Waals surface area contributed by atoms with Crippen LogP contribution >= 0.6 is 107 Å². The quantitative estimate of drug-likeness (QED) is 0.0296. The molecule has 8 heterocycles. The van der Waals surface area contributed by atoms with Crippen LogP contribution < -0.4 is 22.3 Å². The number of esters is 1. The van der Waals surface area contributed by atoms with Crippen molar-refractivity contribution in [1.29, 1.82) is 0 Å². The standard InChI is InChI=1S/C16H18N4OS2Se.C8H11NO2S2.C7H5ClN2S2.C7H6N2OS2/c1-16(2,3)11-5-10(13(24-11)14(17)21)20-15-12-9(18-7-19-15)4-8(6-22)23-12;1-2-11-8(10)7-6(9)3-5(4-12)13-7;8-7-6-5(9-3-10-7)1-4(2-11)12-6;10-7-6-5(8-3-9-7)1-4(2-11)12-6/h4-5,7,22H,6H2,1-3H3,(H2,17,21)(H,18,19,20);3,12H,2,4,9H2,1H3;1,3,11H,2H2;1,3,11H,2H2,(H,8,9,10). The number of aromatic amines is 1. The molecule has 23 heteroatoms. The third-order valence-corrected chi connectivity index (χ3v) is 18.3. The summed E-state index contributed by atoms with van der Waals surface area (Å²) in [4.78, 5) is 62.3. The van der Waals surface area contributed by atoms with Crippen LogP contribution in [0.2, 0.25) is 5.15 Å². The number of ether oxygens (including phenoxy) is 1. The predicted octanol–water partition coefficient (Wildman–Crippen LogP) is 9.44. The van der Waals surface area contributed by atoms with Crippen molar-refractivity contribution < 1.29 is 14.3 Å². The van der Waals surface area contributed by atoms with Gasteiger partial charge in [0.1, 0.15) is 21.1 Å². The summed E-state index contributed by atoms with van der Waals surface area (Å²) in [5.74, 6) is 2.60. The zero-order valence-electron chi connectivity index (χ0n) is 32.9. The number of nitrogens with zero attached hydrogens (tertiary/aromatic N) is 5. The van der Waals surface area contributed by atoms with Crippen LogP contribution in [0.3, 0.4) is 0 Å². The summed E-state index contributed by atoms with van der Waals surface area (Å²) in [6, 6.07) is 9.69. The molecule has 8 aromatic rings. The van der Waals surface area contributed by atoms with E-state index in [4.69, 9.17) is 27.8 Å². The fraction of sp³-hybridized carbons (Fsp3) is 0.263. The van der Waals surface area contributed by atoms with Crippen LogP contribution in [0.15, 0.2) is 54.1 Å². The molecule has 61 heavy (non-hydrogen) atoms. The normalized spacial score (nSPS) is 11.0. The summed E-state index contributed by atoms with van der Waals surface area (Å²) in [6.07, 6.45) is 4.41. The van der Waals surface area contributed by atoms with Crippen molar-refractivity contribution in [3.05, 3.63) is 98.1 Å². The molecule has 0 fully saturated rings. The number of fused-ring (bicyclic) bond motifs is 3. The fourth-order valence-electron chi connectivity index (χ4n) is 5.07. The van der Waals surface area contributed by atoms with Crippen LogP contribution in [0.4, 0.5) is 17.2 Å². The van der Waals surface area contributed by atoms with Crippen molar-refractivity contribution in [1.82, 2.24) is 29.9 Å². The Balaban J connectivity index is 0.000000163. The van der Waals surface area contributed by atoms with E-state index < -0.39 is 0 Å². The van der Waals surface area contributed by atoms with E-state index in [1.54, 1.807) is 35.7 Å². The molecule has 8 rings (SSSR count). The molecule has 0 aliphatic carbocycles. The number of amides is 1. The second-order valence-electron chi connectivity index (χ2n) is 13.3. The molecule has 8 aromatic heterocycles. The first kappa shape index (κ1) is 48.9. The van der Waals surface area contributed by atoms with Crippen molar-refractivity contribution in [2.24, 2.45) is 5.73 Å². The number of rotatable bonds is 9. The molecular formula is C38H40ClN9O4S8Se. The van der Waals surface area contributed by atoms with Gasteiger partial charge in [-0.05, 0) is 25.1 Å². The van der Waals surface area contributed by atoms with Gasteiger partial charge in [0, 0.05) is 31.9 Å². The van der Waals surface area contributed by atoms with E-state index in [2.05, 4.69) is 107 Å². The van der Waals surface area contributed by atoms with Crippen LogP contribution in [-0.2, 0) is 33.2 Å². The minimum absolute atomic E-state index is 0.00720. The van der Waals surface area contributed by atoms with E-state index >= 15 is 0 Å². The van der Waals surface area contributed by atoms with Crippen molar-refractivity contribution in [3.8, 4) is 0 Å². The topological polar surface area (TPSA) is 205 Å². The number of hydrogen-bond donors (Lipinski definition) is 8. The molecule has 0 unspecified atom stereocenters. The van der Waals surface area contributed by atoms with Crippen LogP contribution in [0.5, 0.6) is 0 Å². The molecule has 0 saturated carbocycles. The van der Waals surface area contributed by atoms with Gasteiger partial charge >= 0.3 is 162 Å². The smallest absolute Gasteiger partial charge is 0.350 e. The number of halogens is 1. The Morgan fingerprint density at radius 3 is 1.87 bits per heavy atom. The number of anilines is 3. The fourth-order valence-corrected chi connectivity index (χ4v) is 12.1. The Bertz CT molecular complexity index is 2830. The summed E-state index contributed by atoms with van der Waals surface area (Å²) < 4.78 is 9.32. The third kappa shape index (κ3) is 12.7. The number of nitrogens with one attached hydrogen (secondary N) is 2. The maximum atomic E-state index is 11.9. The van der Waals surface area contributed by atoms with Gasteiger partial charge in [0.25, 0.3) is 5.56 Å². The maximum Gasteiger partial charge on any atom is 0.350 e. The summed E-state index contributed by atoms with van der Waals surface area (Å²) in [5, 5.41) is 3.83. The number of nitrogens with two attached hydrogens (primary N) is 2. The molecule has 0 aliphatic rings. The number of thiol groups is 4. The Morgan fingerprint density at radius 2 is 1.34 bits per heavy atom. The van der Waals surface area contributed by atoms with Crippen molar-refractivity contribution >= 4 is 182 Å². The molecule has 322 valence electrons. The molecule has 0 radical (unpaired) electrons. The molecule has 0 aliphatic heterocycles. The number of aromatic nitrogens is 6. The van der Waals surface area contributed by atoms with Gasteiger partial charge in [0.15, 0.2) is 0 Å². The molecule has 0 atom stereocenters. The number of nitrogen functional groups attached to an aromatic ring is 1. The van der Waals surface area contributed by atoms with Gasteiger partial charge in [-0.2, -0.15) is 37.9 Å². The van der Waals surface area contributed by atoms with Gasteiger partial charge in [-0.25, -0.2) is 19.7 Å². The van der Waals surface area contributed by atoms with E-state index in [1.165, 1.54) is 46.1 Å². The second-order valence-corrected chi connectivity index (χ2v) is 21.7. The van der Waals surface area contributed by atoms with Gasteiger partial charge in [-0.15, -0.1) is 34.0 Å². The van der Waals surface area contributed by atoms with E-state index in [9.17, 15) is 14.4 Å². The Morgan fingerprint density at radius 1 is 0.803 bits per heavy atom. The van der Waals surface area contributed by atoms with E-state index in [1.807, 2.05) is 24.3 Å². The van der Waals surface area contributed by atoms with Gasteiger partial charge in [0.05, 0.1) is 34.4 Å². The summed E-state index contributed by atoms with van der Waals surface area (Å²) in [7, 11) is 0. The Kier molecular flexibility index (Phi) is 18.0. The number of primary amides is 1. The Hall–Kier alpha value is -3.15. The zero-order chi connectivity index (χ0) is 44.4. The number of thiophene rings is 4. The summed E-state index contributed by atoms with van der Waals surface area (Å²) >= 11 is 28.5. The number of hydrogen-bond acceptors (Lipinski definition) is 19. The maximum absolute atomic E-state index is 11.9. The number of carbonyl (C=O) groups excluding carboxylic acids is 2. The van der Waals surface area contributed by atoms with E-state index in [0.717, 1.165) is 56.9 Å². The first-order valence-electron chi connectivity index (χ1n) is 17.9. The van der Waals surface area contributed by atoms with Gasteiger partial charge < -0.3 is 15.5 Å². The summed E-state index contributed by atoms with van der Waals surface area (Å²) in [6.45, 7) is 8.56. The molecule has 0 aromatic carbocycles. The number of H-pyrrole nitrogens is 1. The van der Waals surface area contributed by atoms with Crippen molar-refractivity contribution in [2.75, 3.05) is 17.7 Å². The largest absolute Gasteiger partial charge is 0.462 e. The number of carbonyl (C=O) groups is 2. The molecule has 1 amide bonds. The van der Waals surface area contributed by atoms with E-state index in [-0.39, 0.29) is 37.4 Å². The van der Waals surface area contributed by atoms with Crippen LogP contribution in [0.1, 0.15) is 70.5 Å². The van der Waals surface area contributed by atoms with Crippen LogP contribution in [0, 0.1) is 0 Å². The molecule has 0 saturated heterocycles. The average Bonchev–Trinajstić information content (AvgIpc) is 4.08. The van der Waals surface area contributed by atoms with Crippen LogP contribution in [-0.4, -0.2) is 62.9 Å². The van der Waals surface area contributed by atoms with Gasteiger partial charge in [-0.1, -0.05) is 11.6 Å². The third-order valence-electron chi connectivity index (χ3n) is 7.89. The first-order valence-corrected chi connectivity index (χ1v) is 25.8. The molecule has 0 bridgehead atoms. The SMILES string of the molecule is CC(C)(C)c1cc(Nc2ncnc3cc(CS)sc23)c(C(N)=O)[se]1.CCOC(=O)c1sc(CS)cc1N.O=c1[nH]cnc2cc(CS)sc12.SCc1cc2ncnc(Cl)c2s1. The monoisotopic (exact) mass is 1060 g/mol. The van der Waals surface area contributed by atoms with Crippen LogP contribution in [0.25, 0.3) is 30.6 Å². The Labute approximate surface area is 399 Å². The average molecular weight is 1060 g/mol. The van der Waals surface area contributed by atoms with Gasteiger partial charge in [0.2, 0.25) is 0 Å². The van der Waals surface area contributed by atoms with E-state index in [0.29, 0.717) is 54.5 Å². The van der Waals surface area contributed by atoms with Crippen molar-refractivity contribution in [2.45, 2.75) is 56.1 Å². The minimum atomic E-state index is -0.375. The zero-order valence-corrected chi connectivity index (χ0v) is 42.2. The second kappa shape index (κ2) is 22.5. The molecular weight excluding hydrogens is 1020 g/mol. The molecule has 6 N–H and O–H groups in total. The summed E-state index contributed by atoms with van der Waals surface area (Å²) in [5.41, 5.74) is 14.9.